The number of fused-ring (bicyclic) bond motifs is 1. The summed E-state index contributed by atoms with van der Waals surface area (Å²) in [7, 11) is 1.52. The first-order valence-corrected chi connectivity index (χ1v) is 6.62. The number of hydrogen-bond donors (Lipinski definition) is 4. The lowest BCUT2D eigenvalue weighted by Crippen LogP contribution is -2.38. The Balaban J connectivity index is 1.87. The predicted octanol–water partition coefficient (Wildman–Crippen LogP) is 0.0800. The highest BCUT2D eigenvalue weighted by atomic mass is 16.3. The summed E-state index contributed by atoms with van der Waals surface area (Å²) in [6.07, 6.45) is 0.138. The molecule has 0 bridgehead atoms. The molecule has 108 valence electrons. The Bertz CT molecular complexity index is 504. The van der Waals surface area contributed by atoms with E-state index in [0.29, 0.717) is 6.42 Å². The molecule has 0 radical (unpaired) electrons. The summed E-state index contributed by atoms with van der Waals surface area (Å²) in [5, 5.41) is 17.8. The highest BCUT2D eigenvalue weighted by Crippen LogP contribution is 2.31. The molecule has 1 aliphatic rings. The van der Waals surface area contributed by atoms with E-state index in [9.17, 15) is 14.7 Å². The van der Waals surface area contributed by atoms with Gasteiger partial charge in [0.1, 0.15) is 0 Å². The van der Waals surface area contributed by atoms with E-state index in [2.05, 4.69) is 16.0 Å². The largest absolute Gasteiger partial charge is 0.390 e. The molecule has 6 heteroatoms. The average Bonchev–Trinajstić information content (AvgIpc) is 2.75. The number of amides is 3. The third-order valence-corrected chi connectivity index (χ3v) is 3.39. The van der Waals surface area contributed by atoms with Crippen molar-refractivity contribution >= 4 is 11.9 Å². The minimum atomic E-state index is -0.594. The standard InChI is InChI=1S/C14H19N3O3/c1-15-14(20)16-7-6-12(19)17-13-10-5-3-2-4-9(10)8-11(13)18/h2-5,11,13,18H,6-8H2,1H3,(H,17,19)(H2,15,16,20)/t11-,13+/m1/s1. The first kappa shape index (κ1) is 14.3. The van der Waals surface area contributed by atoms with Crippen molar-refractivity contribution < 1.29 is 14.7 Å². The SMILES string of the molecule is CNC(=O)NCCC(=O)N[C@H]1c2ccccc2C[C@H]1O. The summed E-state index contributed by atoms with van der Waals surface area (Å²) in [6.45, 7) is 0.260. The lowest BCUT2D eigenvalue weighted by Gasteiger charge is -2.18. The summed E-state index contributed by atoms with van der Waals surface area (Å²) in [6, 6.07) is 7.01. The van der Waals surface area contributed by atoms with Crippen LogP contribution >= 0.6 is 0 Å². The van der Waals surface area contributed by atoms with Crippen LogP contribution in [0, 0.1) is 0 Å². The smallest absolute Gasteiger partial charge is 0.314 e. The summed E-state index contributed by atoms with van der Waals surface area (Å²) in [4.78, 5) is 22.8. The highest BCUT2D eigenvalue weighted by Gasteiger charge is 2.31. The third kappa shape index (κ3) is 3.27. The molecule has 3 amide bonds. The maximum Gasteiger partial charge on any atom is 0.314 e. The zero-order valence-corrected chi connectivity index (χ0v) is 11.3. The number of aliphatic hydroxyl groups excluding tert-OH is 1. The van der Waals surface area contributed by atoms with Crippen molar-refractivity contribution in [3.63, 3.8) is 0 Å². The van der Waals surface area contributed by atoms with Crippen LogP contribution in [0.1, 0.15) is 23.6 Å². The van der Waals surface area contributed by atoms with Crippen LogP contribution in [0.3, 0.4) is 0 Å². The summed E-state index contributed by atoms with van der Waals surface area (Å²) in [5.74, 6) is -0.192. The van der Waals surface area contributed by atoms with Crippen molar-refractivity contribution in [3.05, 3.63) is 35.4 Å². The van der Waals surface area contributed by atoms with E-state index in [4.69, 9.17) is 0 Å². The van der Waals surface area contributed by atoms with Gasteiger partial charge in [0, 0.05) is 26.4 Å². The number of hydrogen-bond acceptors (Lipinski definition) is 3. The van der Waals surface area contributed by atoms with Crippen LogP contribution in [0.4, 0.5) is 4.79 Å². The first-order valence-electron chi connectivity index (χ1n) is 6.62. The van der Waals surface area contributed by atoms with Gasteiger partial charge >= 0.3 is 6.03 Å². The number of carbonyl (C=O) groups excluding carboxylic acids is 2. The third-order valence-electron chi connectivity index (χ3n) is 3.39. The Kier molecular flexibility index (Phi) is 4.57. The molecule has 4 N–H and O–H groups in total. The van der Waals surface area contributed by atoms with Gasteiger partial charge in [-0.2, -0.15) is 0 Å². The molecule has 0 fully saturated rings. The fraction of sp³-hybridized carbons (Fsp3) is 0.429. The lowest BCUT2D eigenvalue weighted by molar-refractivity contribution is -0.122. The monoisotopic (exact) mass is 277 g/mol. The van der Waals surface area contributed by atoms with Gasteiger partial charge in [-0.05, 0) is 11.1 Å². The van der Waals surface area contributed by atoms with Gasteiger partial charge in [0.15, 0.2) is 0 Å². The minimum absolute atomic E-state index is 0.179. The van der Waals surface area contributed by atoms with Gasteiger partial charge in [-0.25, -0.2) is 4.79 Å². The molecular weight excluding hydrogens is 258 g/mol. The molecule has 6 nitrogen and oxygen atoms in total. The number of nitrogens with one attached hydrogen (secondary N) is 3. The van der Waals surface area contributed by atoms with Gasteiger partial charge < -0.3 is 21.1 Å². The quantitative estimate of drug-likeness (QED) is 0.628. The highest BCUT2D eigenvalue weighted by molar-refractivity contribution is 5.78. The molecule has 0 saturated heterocycles. The maximum atomic E-state index is 11.8. The Morgan fingerprint density at radius 1 is 1.35 bits per heavy atom. The van der Waals surface area contributed by atoms with Crippen molar-refractivity contribution in [1.29, 1.82) is 0 Å². The molecule has 0 saturated carbocycles. The Labute approximate surface area is 117 Å². The second-order valence-corrected chi connectivity index (χ2v) is 4.77. The fourth-order valence-electron chi connectivity index (χ4n) is 2.37. The van der Waals surface area contributed by atoms with Gasteiger partial charge in [-0.15, -0.1) is 0 Å². The van der Waals surface area contributed by atoms with Crippen molar-refractivity contribution in [2.45, 2.75) is 25.0 Å². The molecule has 2 rings (SSSR count). The topological polar surface area (TPSA) is 90.5 Å². The van der Waals surface area contributed by atoms with Gasteiger partial charge in [0.2, 0.25) is 5.91 Å². The van der Waals surface area contributed by atoms with Crippen LogP contribution in [0.25, 0.3) is 0 Å². The molecule has 1 aromatic rings. The van der Waals surface area contributed by atoms with E-state index in [-0.39, 0.29) is 30.9 Å². The predicted molar refractivity (Wildman–Crippen MR) is 74.1 cm³/mol. The molecule has 0 unspecified atom stereocenters. The van der Waals surface area contributed by atoms with E-state index in [1.807, 2.05) is 24.3 Å². The van der Waals surface area contributed by atoms with Crippen molar-refractivity contribution in [3.8, 4) is 0 Å². The molecule has 2 atom stereocenters. The summed E-state index contributed by atoms with van der Waals surface area (Å²) >= 11 is 0. The molecule has 0 spiro atoms. The van der Waals surface area contributed by atoms with E-state index >= 15 is 0 Å². The van der Waals surface area contributed by atoms with Crippen LogP contribution in [0.5, 0.6) is 0 Å². The van der Waals surface area contributed by atoms with E-state index in [0.717, 1.165) is 11.1 Å². The number of aliphatic hydroxyl groups is 1. The second kappa shape index (κ2) is 6.38. The average molecular weight is 277 g/mol. The number of benzene rings is 1. The molecule has 20 heavy (non-hydrogen) atoms. The van der Waals surface area contributed by atoms with Crippen molar-refractivity contribution in [2.75, 3.05) is 13.6 Å². The first-order chi connectivity index (χ1) is 9.61. The van der Waals surface area contributed by atoms with Crippen LogP contribution in [-0.4, -0.2) is 36.7 Å². The fourth-order valence-corrected chi connectivity index (χ4v) is 2.37. The van der Waals surface area contributed by atoms with Crippen LogP contribution in [0.15, 0.2) is 24.3 Å². The number of urea groups is 1. The zero-order valence-electron chi connectivity index (χ0n) is 11.3. The molecule has 0 heterocycles. The summed E-state index contributed by atoms with van der Waals surface area (Å²) in [5.41, 5.74) is 2.03. The zero-order chi connectivity index (χ0) is 14.5. The molecule has 1 aromatic carbocycles. The molecule has 0 aromatic heterocycles. The van der Waals surface area contributed by atoms with Crippen LogP contribution < -0.4 is 16.0 Å². The van der Waals surface area contributed by atoms with Gasteiger partial charge in [0.25, 0.3) is 0 Å². The normalized spacial score (nSPS) is 20.1. The lowest BCUT2D eigenvalue weighted by atomic mass is 10.1. The molecular formula is C14H19N3O3. The van der Waals surface area contributed by atoms with E-state index in [1.165, 1.54) is 7.05 Å². The van der Waals surface area contributed by atoms with Crippen molar-refractivity contribution in [2.24, 2.45) is 0 Å². The minimum Gasteiger partial charge on any atom is -0.390 e. The van der Waals surface area contributed by atoms with Gasteiger partial charge in [-0.3, -0.25) is 4.79 Å². The Morgan fingerprint density at radius 2 is 2.10 bits per heavy atom. The maximum absolute atomic E-state index is 11.8. The van der Waals surface area contributed by atoms with E-state index < -0.39 is 6.10 Å². The second-order valence-electron chi connectivity index (χ2n) is 4.77. The van der Waals surface area contributed by atoms with Crippen molar-refractivity contribution in [1.82, 2.24) is 16.0 Å². The van der Waals surface area contributed by atoms with Gasteiger partial charge in [-0.1, -0.05) is 24.3 Å². The summed E-state index contributed by atoms with van der Waals surface area (Å²) < 4.78 is 0. The molecule has 0 aliphatic heterocycles. The Hall–Kier alpha value is -2.08. The van der Waals surface area contributed by atoms with Crippen LogP contribution in [0.2, 0.25) is 0 Å². The number of carbonyl (C=O) groups is 2. The van der Waals surface area contributed by atoms with Crippen LogP contribution in [-0.2, 0) is 11.2 Å². The number of rotatable bonds is 4. The molecule has 1 aliphatic carbocycles. The van der Waals surface area contributed by atoms with Gasteiger partial charge in [0.05, 0.1) is 12.1 Å². The van der Waals surface area contributed by atoms with E-state index in [1.54, 1.807) is 0 Å². The Morgan fingerprint density at radius 3 is 2.85 bits per heavy atom.